The van der Waals surface area contributed by atoms with Crippen LogP contribution in [0.15, 0.2) is 0 Å². The molecule has 0 aliphatic heterocycles. The van der Waals surface area contributed by atoms with Gasteiger partial charge in [0.05, 0.1) is 6.61 Å². The molecule has 0 aromatic rings. The van der Waals surface area contributed by atoms with Gasteiger partial charge < -0.3 is 20.1 Å². The summed E-state index contributed by atoms with van der Waals surface area (Å²) in [5.74, 6) is -0.825. The Labute approximate surface area is 91.4 Å². The highest BCUT2D eigenvalue weighted by molar-refractivity contribution is 5.78. The molecule has 0 aliphatic rings. The Morgan fingerprint density at radius 3 is 2.60 bits per heavy atom. The molecule has 0 amide bonds. The summed E-state index contributed by atoms with van der Waals surface area (Å²) < 4.78 is 4.94. The van der Waals surface area contributed by atoms with E-state index < -0.39 is 11.5 Å². The fraction of sp³-hybridized carbons (Fsp3) is 0.900. The minimum Gasteiger partial charge on any atom is -0.480 e. The van der Waals surface area contributed by atoms with Crippen LogP contribution in [-0.4, -0.2) is 61.9 Å². The van der Waals surface area contributed by atoms with Crippen molar-refractivity contribution in [2.45, 2.75) is 19.4 Å². The summed E-state index contributed by atoms with van der Waals surface area (Å²) in [6.45, 7) is 6.03. The van der Waals surface area contributed by atoms with E-state index in [9.17, 15) is 4.79 Å². The van der Waals surface area contributed by atoms with E-state index in [1.165, 1.54) is 0 Å². The minimum atomic E-state index is -0.892. The fourth-order valence-electron chi connectivity index (χ4n) is 1.46. The van der Waals surface area contributed by atoms with Crippen molar-refractivity contribution in [2.75, 3.05) is 40.4 Å². The third-order valence-corrected chi connectivity index (χ3v) is 2.30. The predicted molar refractivity (Wildman–Crippen MR) is 59.1 cm³/mol. The second-order valence-electron chi connectivity index (χ2n) is 3.90. The molecule has 1 unspecified atom stereocenters. The van der Waals surface area contributed by atoms with Crippen molar-refractivity contribution in [1.82, 2.24) is 10.2 Å². The maximum atomic E-state index is 11.1. The van der Waals surface area contributed by atoms with Crippen molar-refractivity contribution in [3.05, 3.63) is 0 Å². The van der Waals surface area contributed by atoms with Gasteiger partial charge in [0, 0.05) is 20.2 Å². The molecule has 0 rings (SSSR count). The van der Waals surface area contributed by atoms with Gasteiger partial charge in [0.2, 0.25) is 0 Å². The van der Waals surface area contributed by atoms with Crippen LogP contribution in [0.1, 0.15) is 13.8 Å². The van der Waals surface area contributed by atoms with Crippen LogP contribution < -0.4 is 5.32 Å². The molecule has 1 atom stereocenters. The van der Waals surface area contributed by atoms with Crippen molar-refractivity contribution in [1.29, 1.82) is 0 Å². The number of likely N-dealkylation sites (N-methyl/N-ethyl adjacent to an activating group) is 2. The molecule has 0 aromatic carbocycles. The van der Waals surface area contributed by atoms with E-state index in [1.54, 1.807) is 14.0 Å². The number of ether oxygens (including phenoxy) is 1. The maximum absolute atomic E-state index is 11.1. The topological polar surface area (TPSA) is 61.8 Å². The lowest BCUT2D eigenvalue weighted by atomic mass is 10.0. The molecule has 90 valence electrons. The maximum Gasteiger partial charge on any atom is 0.324 e. The first-order chi connectivity index (χ1) is 6.96. The first-order valence-electron chi connectivity index (χ1n) is 5.12. The largest absolute Gasteiger partial charge is 0.480 e. The fourth-order valence-corrected chi connectivity index (χ4v) is 1.46. The van der Waals surface area contributed by atoms with Crippen LogP contribution >= 0.6 is 0 Å². The van der Waals surface area contributed by atoms with Crippen LogP contribution in [0, 0.1) is 0 Å². The Balaban J connectivity index is 4.21. The van der Waals surface area contributed by atoms with Gasteiger partial charge in [-0.3, -0.25) is 4.79 Å². The minimum absolute atomic E-state index is 0.458. The van der Waals surface area contributed by atoms with Crippen LogP contribution in [0.5, 0.6) is 0 Å². The highest BCUT2D eigenvalue weighted by atomic mass is 16.5. The second-order valence-corrected chi connectivity index (χ2v) is 3.90. The van der Waals surface area contributed by atoms with Crippen molar-refractivity contribution in [3.63, 3.8) is 0 Å². The van der Waals surface area contributed by atoms with Gasteiger partial charge in [0.1, 0.15) is 5.54 Å². The van der Waals surface area contributed by atoms with E-state index in [0.29, 0.717) is 19.7 Å². The smallest absolute Gasteiger partial charge is 0.324 e. The predicted octanol–water partition coefficient (Wildman–Crippen LogP) is 0.0174. The Morgan fingerprint density at radius 1 is 1.60 bits per heavy atom. The van der Waals surface area contributed by atoms with Gasteiger partial charge >= 0.3 is 5.97 Å². The number of methoxy groups -OCH3 is 1. The first-order valence-corrected chi connectivity index (χ1v) is 5.12. The van der Waals surface area contributed by atoms with Gasteiger partial charge in [0.25, 0.3) is 0 Å². The van der Waals surface area contributed by atoms with Gasteiger partial charge in [-0.15, -0.1) is 0 Å². The number of nitrogens with one attached hydrogen (secondary N) is 1. The summed E-state index contributed by atoms with van der Waals surface area (Å²) in [6.07, 6.45) is 0. The van der Waals surface area contributed by atoms with Gasteiger partial charge in [-0.05, 0) is 20.5 Å². The van der Waals surface area contributed by atoms with Gasteiger partial charge in [-0.1, -0.05) is 6.92 Å². The summed E-state index contributed by atoms with van der Waals surface area (Å²) >= 11 is 0. The number of aliphatic carboxylic acids is 1. The van der Waals surface area contributed by atoms with Crippen molar-refractivity contribution < 1.29 is 14.6 Å². The zero-order valence-electron chi connectivity index (χ0n) is 10.0. The molecule has 0 fully saturated rings. The zero-order valence-corrected chi connectivity index (χ0v) is 10.0. The summed E-state index contributed by atoms with van der Waals surface area (Å²) in [6, 6.07) is 0. The lowest BCUT2D eigenvalue weighted by Crippen LogP contribution is -2.56. The number of carboxylic acids is 1. The molecule has 0 saturated heterocycles. The quantitative estimate of drug-likeness (QED) is 0.601. The van der Waals surface area contributed by atoms with Crippen molar-refractivity contribution >= 4 is 5.97 Å². The van der Waals surface area contributed by atoms with Crippen molar-refractivity contribution in [3.8, 4) is 0 Å². The monoisotopic (exact) mass is 218 g/mol. The molecule has 15 heavy (non-hydrogen) atoms. The lowest BCUT2D eigenvalue weighted by Gasteiger charge is -2.30. The normalized spacial score (nSPS) is 15.3. The Hall–Kier alpha value is -0.650. The average Bonchev–Trinajstić information content (AvgIpc) is 2.14. The average molecular weight is 218 g/mol. The molecule has 0 spiro atoms. The number of carboxylic acid groups (broad SMARTS) is 1. The number of hydrogen-bond donors (Lipinski definition) is 2. The Bertz CT molecular complexity index is 199. The van der Waals surface area contributed by atoms with Crippen molar-refractivity contribution in [2.24, 2.45) is 0 Å². The number of hydrogen-bond acceptors (Lipinski definition) is 4. The van der Waals surface area contributed by atoms with E-state index in [1.807, 2.05) is 18.9 Å². The molecule has 0 radical (unpaired) electrons. The summed E-state index contributed by atoms with van der Waals surface area (Å²) in [5, 5.41) is 12.1. The van der Waals surface area contributed by atoms with E-state index in [-0.39, 0.29) is 0 Å². The molecule has 0 aliphatic carbocycles. The highest BCUT2D eigenvalue weighted by Crippen LogP contribution is 2.06. The van der Waals surface area contributed by atoms with E-state index in [0.717, 1.165) is 6.54 Å². The Kier molecular flexibility index (Phi) is 6.47. The molecule has 5 heteroatoms. The molecule has 0 aromatic heterocycles. The molecular formula is C10H22N2O3. The Morgan fingerprint density at radius 2 is 2.20 bits per heavy atom. The van der Waals surface area contributed by atoms with E-state index in [4.69, 9.17) is 9.84 Å². The summed E-state index contributed by atoms with van der Waals surface area (Å²) in [7, 11) is 3.52. The molecule has 0 heterocycles. The van der Waals surface area contributed by atoms with Crippen LogP contribution in [0.25, 0.3) is 0 Å². The number of nitrogens with zero attached hydrogens (tertiary/aromatic N) is 1. The summed E-state index contributed by atoms with van der Waals surface area (Å²) in [4.78, 5) is 13.0. The first kappa shape index (κ1) is 14.3. The molecule has 2 N–H and O–H groups in total. The summed E-state index contributed by atoms with van der Waals surface area (Å²) in [5.41, 5.74) is -0.892. The number of carbonyl (C=O) groups is 1. The van der Waals surface area contributed by atoms with Gasteiger partial charge in [-0.2, -0.15) is 0 Å². The van der Waals surface area contributed by atoms with Crippen LogP contribution in [0.4, 0.5) is 0 Å². The lowest BCUT2D eigenvalue weighted by molar-refractivity contribution is -0.144. The second kappa shape index (κ2) is 6.76. The molecule has 5 nitrogen and oxygen atoms in total. The number of rotatable bonds is 8. The van der Waals surface area contributed by atoms with Crippen LogP contribution in [0.2, 0.25) is 0 Å². The molecule has 0 saturated carbocycles. The van der Waals surface area contributed by atoms with Gasteiger partial charge in [-0.25, -0.2) is 0 Å². The molecule has 0 bridgehead atoms. The zero-order chi connectivity index (χ0) is 11.9. The van der Waals surface area contributed by atoms with E-state index >= 15 is 0 Å². The standard InChI is InChI=1S/C10H22N2O3/c1-5-11-10(2,9(13)14)8-12(3)6-7-15-4/h11H,5-8H2,1-4H3,(H,13,14). The SMILES string of the molecule is CCNC(C)(CN(C)CCOC)C(=O)O. The van der Waals surface area contributed by atoms with Gasteiger partial charge in [0.15, 0.2) is 0 Å². The third-order valence-electron chi connectivity index (χ3n) is 2.30. The van der Waals surface area contributed by atoms with Crippen LogP contribution in [0.3, 0.4) is 0 Å². The van der Waals surface area contributed by atoms with E-state index in [2.05, 4.69) is 5.32 Å². The molecular weight excluding hydrogens is 196 g/mol. The highest BCUT2D eigenvalue weighted by Gasteiger charge is 2.32. The van der Waals surface area contributed by atoms with Crippen LogP contribution in [-0.2, 0) is 9.53 Å². The third kappa shape index (κ3) is 5.11.